The summed E-state index contributed by atoms with van der Waals surface area (Å²) in [7, 11) is 0. The van der Waals surface area contributed by atoms with Crippen molar-refractivity contribution in [2.75, 3.05) is 12.3 Å². The number of hydrogen-bond donors (Lipinski definition) is 2. The number of carbonyl (C=O) groups excluding carboxylic acids is 1. The number of nitrogens with two attached hydrogens (primary N) is 1. The summed E-state index contributed by atoms with van der Waals surface area (Å²) in [6.45, 7) is 4.12. The molecule has 7 heteroatoms. The van der Waals surface area contributed by atoms with Crippen LogP contribution in [0.1, 0.15) is 25.0 Å². The number of nitrogens with zero attached hydrogens (tertiary/aromatic N) is 2. The molecule has 0 spiro atoms. The Morgan fingerprint density at radius 2 is 2.16 bits per heavy atom. The third-order valence-electron chi connectivity index (χ3n) is 2.33. The molecule has 0 aliphatic carbocycles. The molecule has 4 N–H and O–H groups in total. The van der Waals surface area contributed by atoms with E-state index in [1.54, 1.807) is 6.92 Å². The van der Waals surface area contributed by atoms with Crippen molar-refractivity contribution in [3.8, 4) is 12.1 Å². The summed E-state index contributed by atoms with van der Waals surface area (Å²) >= 11 is 1.20. The minimum Gasteiger partial charge on any atom is -0.355 e. The SMILES string of the molecule is CCNC(=O)[C@H](C)Sc1[nH+]c(N)c(C#N)cc1C#N. The van der Waals surface area contributed by atoms with Crippen molar-refractivity contribution in [1.29, 1.82) is 10.5 Å². The molecular weight excluding hydrogens is 262 g/mol. The van der Waals surface area contributed by atoms with Crippen LogP contribution < -0.4 is 16.0 Å². The molecule has 1 aromatic rings. The van der Waals surface area contributed by atoms with Crippen LogP contribution in [0.25, 0.3) is 0 Å². The van der Waals surface area contributed by atoms with Crippen molar-refractivity contribution in [1.82, 2.24) is 5.32 Å². The van der Waals surface area contributed by atoms with Crippen molar-refractivity contribution in [2.45, 2.75) is 24.1 Å². The lowest BCUT2D eigenvalue weighted by molar-refractivity contribution is -0.410. The number of nitrogens with one attached hydrogen (secondary N) is 2. The molecule has 0 saturated carbocycles. The summed E-state index contributed by atoms with van der Waals surface area (Å²) in [5, 5.41) is 20.7. The van der Waals surface area contributed by atoms with Gasteiger partial charge < -0.3 is 5.32 Å². The molecule has 0 fully saturated rings. The van der Waals surface area contributed by atoms with Gasteiger partial charge in [0.1, 0.15) is 23.3 Å². The van der Waals surface area contributed by atoms with Gasteiger partial charge in [0.2, 0.25) is 5.91 Å². The maximum Gasteiger partial charge on any atom is 0.289 e. The fourth-order valence-electron chi connectivity index (χ4n) is 1.36. The Morgan fingerprint density at radius 1 is 1.53 bits per heavy atom. The molecule has 1 heterocycles. The Balaban J connectivity index is 3.02. The number of nitrogen functional groups attached to an aromatic ring is 1. The Morgan fingerprint density at radius 3 is 2.68 bits per heavy atom. The van der Waals surface area contributed by atoms with E-state index in [2.05, 4.69) is 10.3 Å². The standard InChI is InChI=1S/C12H13N5OS/c1-3-16-11(18)7(2)19-12-9(6-14)4-8(5-13)10(15)17-12/h4,7H,3H2,1-2H3,(H2,15,17)(H,16,18)/p+1/t7-/m0/s1. The summed E-state index contributed by atoms with van der Waals surface area (Å²) in [6.07, 6.45) is 0. The van der Waals surface area contributed by atoms with E-state index in [0.29, 0.717) is 17.1 Å². The van der Waals surface area contributed by atoms with Gasteiger partial charge in [-0.2, -0.15) is 10.5 Å². The molecule has 0 saturated heterocycles. The van der Waals surface area contributed by atoms with Gasteiger partial charge in [-0.05, 0) is 19.9 Å². The molecule has 0 bridgehead atoms. The van der Waals surface area contributed by atoms with E-state index >= 15 is 0 Å². The third-order valence-corrected chi connectivity index (χ3v) is 3.45. The Kier molecular flexibility index (Phi) is 5.16. The van der Waals surface area contributed by atoms with Gasteiger partial charge in [-0.15, -0.1) is 0 Å². The first-order chi connectivity index (χ1) is 9.03. The molecule has 0 aliphatic heterocycles. The van der Waals surface area contributed by atoms with Crippen LogP contribution in [0.3, 0.4) is 0 Å². The topological polar surface area (TPSA) is 117 Å². The quantitative estimate of drug-likeness (QED) is 0.774. The highest BCUT2D eigenvalue weighted by Crippen LogP contribution is 2.24. The van der Waals surface area contributed by atoms with Crippen molar-refractivity contribution in [3.05, 3.63) is 17.2 Å². The van der Waals surface area contributed by atoms with Crippen LogP contribution in [0.15, 0.2) is 11.1 Å². The summed E-state index contributed by atoms with van der Waals surface area (Å²) < 4.78 is 0. The summed E-state index contributed by atoms with van der Waals surface area (Å²) in [5.74, 6) is 0.0693. The highest BCUT2D eigenvalue weighted by atomic mass is 32.2. The van der Waals surface area contributed by atoms with Crippen molar-refractivity contribution < 1.29 is 9.78 Å². The predicted molar refractivity (Wildman–Crippen MR) is 70.8 cm³/mol. The summed E-state index contributed by atoms with van der Waals surface area (Å²) in [6, 6.07) is 5.30. The molecule has 0 aliphatic rings. The first kappa shape index (κ1) is 14.8. The van der Waals surface area contributed by atoms with Crippen LogP contribution >= 0.6 is 11.8 Å². The molecule has 0 radical (unpaired) electrons. The average Bonchev–Trinajstić information content (AvgIpc) is 2.39. The van der Waals surface area contributed by atoms with Crippen LogP contribution in [0.2, 0.25) is 0 Å². The average molecular weight is 276 g/mol. The zero-order chi connectivity index (χ0) is 14.4. The number of pyridine rings is 1. The number of thioether (sulfide) groups is 1. The van der Waals surface area contributed by atoms with Gasteiger partial charge in [-0.1, -0.05) is 11.8 Å². The number of nitriles is 2. The molecule has 1 atom stereocenters. The molecule has 0 unspecified atom stereocenters. The number of H-pyrrole nitrogens is 1. The van der Waals surface area contributed by atoms with Crippen LogP contribution in [0.4, 0.5) is 5.82 Å². The zero-order valence-corrected chi connectivity index (χ0v) is 11.5. The van der Waals surface area contributed by atoms with Crippen LogP contribution in [-0.2, 0) is 4.79 Å². The Labute approximate surface area is 115 Å². The van der Waals surface area contributed by atoms with Gasteiger partial charge >= 0.3 is 0 Å². The van der Waals surface area contributed by atoms with E-state index in [1.165, 1.54) is 17.8 Å². The lowest BCUT2D eigenvalue weighted by Crippen LogP contribution is -2.31. The number of carbonyl (C=O) groups is 1. The van der Waals surface area contributed by atoms with E-state index in [9.17, 15) is 4.79 Å². The lowest BCUT2D eigenvalue weighted by Gasteiger charge is -2.10. The second-order valence-electron chi connectivity index (χ2n) is 3.72. The van der Waals surface area contributed by atoms with Crippen LogP contribution in [-0.4, -0.2) is 17.7 Å². The maximum absolute atomic E-state index is 11.6. The summed E-state index contributed by atoms with van der Waals surface area (Å²) in [5.41, 5.74) is 6.18. The number of rotatable bonds is 4. The van der Waals surface area contributed by atoms with Crippen LogP contribution in [0, 0.1) is 22.7 Å². The van der Waals surface area contributed by atoms with Gasteiger partial charge in [0, 0.05) is 6.54 Å². The molecule has 19 heavy (non-hydrogen) atoms. The molecule has 0 aromatic carbocycles. The minimum atomic E-state index is -0.365. The Bertz CT molecular complexity index is 573. The second-order valence-corrected chi connectivity index (χ2v) is 5.07. The van der Waals surface area contributed by atoms with E-state index < -0.39 is 0 Å². The van der Waals surface area contributed by atoms with Crippen molar-refractivity contribution in [2.24, 2.45) is 0 Å². The van der Waals surface area contributed by atoms with E-state index in [1.807, 2.05) is 19.1 Å². The molecular formula is C12H14N5OS+. The fourth-order valence-corrected chi connectivity index (χ4v) is 2.31. The van der Waals surface area contributed by atoms with Gasteiger partial charge in [0.15, 0.2) is 5.03 Å². The molecule has 6 nitrogen and oxygen atoms in total. The zero-order valence-electron chi connectivity index (χ0n) is 10.7. The molecule has 1 amide bonds. The highest BCUT2D eigenvalue weighted by molar-refractivity contribution is 8.00. The number of anilines is 1. The fraction of sp³-hybridized carbons (Fsp3) is 0.333. The summed E-state index contributed by atoms with van der Waals surface area (Å²) in [4.78, 5) is 14.4. The van der Waals surface area contributed by atoms with Gasteiger partial charge in [-0.25, -0.2) is 4.98 Å². The van der Waals surface area contributed by atoms with E-state index in [0.717, 1.165) is 0 Å². The van der Waals surface area contributed by atoms with Crippen molar-refractivity contribution >= 4 is 23.5 Å². The lowest BCUT2D eigenvalue weighted by atomic mass is 10.2. The monoisotopic (exact) mass is 276 g/mol. The van der Waals surface area contributed by atoms with Crippen molar-refractivity contribution in [3.63, 3.8) is 0 Å². The molecule has 1 rings (SSSR count). The number of amides is 1. The highest BCUT2D eigenvalue weighted by Gasteiger charge is 2.20. The Hall–Kier alpha value is -2.25. The van der Waals surface area contributed by atoms with Gasteiger partial charge in [0.05, 0.1) is 5.25 Å². The number of aromatic nitrogens is 1. The minimum absolute atomic E-state index is 0.118. The molecule has 1 aromatic heterocycles. The first-order valence-corrected chi connectivity index (χ1v) is 6.51. The maximum atomic E-state index is 11.6. The van der Waals surface area contributed by atoms with Gasteiger partial charge in [-0.3, -0.25) is 10.5 Å². The third kappa shape index (κ3) is 3.60. The van der Waals surface area contributed by atoms with Gasteiger partial charge in [0.25, 0.3) is 5.82 Å². The number of aromatic amines is 1. The smallest absolute Gasteiger partial charge is 0.289 e. The molecule has 98 valence electrons. The first-order valence-electron chi connectivity index (χ1n) is 5.63. The van der Waals surface area contributed by atoms with E-state index in [4.69, 9.17) is 16.3 Å². The van der Waals surface area contributed by atoms with E-state index in [-0.39, 0.29) is 22.5 Å². The number of hydrogen-bond acceptors (Lipinski definition) is 5. The normalized spacial score (nSPS) is 11.2. The predicted octanol–water partition coefficient (Wildman–Crippen LogP) is 0.443. The van der Waals surface area contributed by atoms with Crippen LogP contribution in [0.5, 0.6) is 0 Å². The second kappa shape index (κ2) is 6.62. The largest absolute Gasteiger partial charge is 0.355 e.